The molecular formula is C33H40ClN9O4S. The molecule has 0 spiro atoms. The van der Waals surface area contributed by atoms with Gasteiger partial charge in [0, 0.05) is 55.4 Å². The van der Waals surface area contributed by atoms with Crippen molar-refractivity contribution in [3.8, 4) is 0 Å². The molecule has 5 N–H and O–H groups in total. The van der Waals surface area contributed by atoms with Crippen molar-refractivity contribution in [2.75, 3.05) is 49.3 Å². The third-order valence-corrected chi connectivity index (χ3v) is 9.67. The van der Waals surface area contributed by atoms with Crippen LogP contribution in [0.4, 0.5) is 23.1 Å². The van der Waals surface area contributed by atoms with Gasteiger partial charge >= 0.3 is 0 Å². The molecule has 0 saturated carbocycles. The molecule has 0 bridgehead atoms. The van der Waals surface area contributed by atoms with E-state index in [1.165, 1.54) is 0 Å². The predicted molar refractivity (Wildman–Crippen MR) is 191 cm³/mol. The molecule has 0 aliphatic carbocycles. The Morgan fingerprint density at radius 1 is 1.04 bits per heavy atom. The summed E-state index contributed by atoms with van der Waals surface area (Å²) in [5.74, 6) is 0.317. The maximum absolute atomic E-state index is 13.2. The minimum Gasteiger partial charge on any atom is -0.394 e. The maximum atomic E-state index is 13.2. The van der Waals surface area contributed by atoms with Gasteiger partial charge < -0.3 is 30.5 Å². The molecule has 254 valence electrons. The van der Waals surface area contributed by atoms with Crippen LogP contribution in [0.15, 0.2) is 65.8 Å². The topological polar surface area (TPSA) is 166 Å². The summed E-state index contributed by atoms with van der Waals surface area (Å²) in [4.78, 5) is 28.9. The number of amides is 1. The van der Waals surface area contributed by atoms with Crippen molar-refractivity contribution in [2.24, 2.45) is 0 Å². The minimum absolute atomic E-state index is 0.0205. The summed E-state index contributed by atoms with van der Waals surface area (Å²) in [7, 11) is -0.0461. The molecule has 0 aliphatic rings. The van der Waals surface area contributed by atoms with Crippen LogP contribution in [-0.4, -0.2) is 78.8 Å². The van der Waals surface area contributed by atoms with Crippen molar-refractivity contribution >= 4 is 72.6 Å². The van der Waals surface area contributed by atoms with Crippen molar-refractivity contribution in [2.45, 2.75) is 44.2 Å². The number of aliphatic hydroxyl groups is 1. The number of aliphatic hydroxyl groups excluding tert-OH is 1. The second-order valence-corrected chi connectivity index (χ2v) is 13.9. The summed E-state index contributed by atoms with van der Waals surface area (Å²) >= 11 is 6.54. The molecule has 0 radical (unpaired) electrons. The predicted octanol–water partition coefficient (Wildman–Crippen LogP) is 4.91. The number of carbonyl (C=O) groups excluding carboxylic acids is 1. The third-order valence-electron chi connectivity index (χ3n) is 7.83. The van der Waals surface area contributed by atoms with Crippen molar-refractivity contribution in [3.63, 3.8) is 0 Å². The molecule has 13 nitrogen and oxygen atoms in total. The van der Waals surface area contributed by atoms with E-state index in [9.17, 15) is 18.3 Å². The Hall–Kier alpha value is -4.50. The molecule has 0 aliphatic heterocycles. The Labute approximate surface area is 284 Å². The van der Waals surface area contributed by atoms with Gasteiger partial charge in [0.15, 0.2) is 17.0 Å². The number of carbonyl (C=O) groups is 1. The van der Waals surface area contributed by atoms with Crippen LogP contribution in [-0.2, 0) is 10.0 Å². The zero-order valence-electron chi connectivity index (χ0n) is 27.5. The van der Waals surface area contributed by atoms with E-state index >= 15 is 0 Å². The smallest absolute Gasteiger partial charge is 0.252 e. The van der Waals surface area contributed by atoms with Crippen molar-refractivity contribution in [1.82, 2.24) is 29.6 Å². The summed E-state index contributed by atoms with van der Waals surface area (Å²) < 4.78 is 30.9. The van der Waals surface area contributed by atoms with Gasteiger partial charge in [0.25, 0.3) is 5.91 Å². The molecule has 5 aromatic rings. The summed E-state index contributed by atoms with van der Waals surface area (Å²) in [6, 6.07) is 15.4. The number of sulfonamides is 1. The molecule has 15 heteroatoms. The molecule has 0 fully saturated rings. The monoisotopic (exact) mass is 693 g/mol. The van der Waals surface area contributed by atoms with E-state index in [1.54, 1.807) is 42.7 Å². The van der Waals surface area contributed by atoms with E-state index in [4.69, 9.17) is 11.6 Å². The SMILES string of the molecule is CCC(CO)Nc1nc(Nc2ccc(C(=O)NCCNS(=O)(=O)c3cccc4c(N(C)C)cccc34)c(Cl)c2)c2ncn(C(C)C)c2n1. The second-order valence-electron chi connectivity index (χ2n) is 11.7. The Kier molecular flexibility index (Phi) is 10.7. The summed E-state index contributed by atoms with van der Waals surface area (Å²) in [6.07, 6.45) is 2.38. The van der Waals surface area contributed by atoms with Crippen LogP contribution in [0.1, 0.15) is 43.6 Å². The standard InChI is InChI=1S/C33H40ClN9O4S/c1-6-21(18-44)39-33-40-30(29-31(41-33)43(19-36-29)20(2)3)38-22-13-14-25(26(34)17-22)32(45)35-15-16-37-48(46,47)28-12-8-9-23-24(28)10-7-11-27(23)42(4)5/h7-14,17,19-21,37,44H,6,15-16,18H2,1-5H3,(H,35,45)(H2,38,39,40,41). The van der Waals surface area contributed by atoms with Gasteiger partial charge in [-0.15, -0.1) is 0 Å². The van der Waals surface area contributed by atoms with Gasteiger partial charge in [-0.3, -0.25) is 4.79 Å². The zero-order chi connectivity index (χ0) is 34.6. The van der Waals surface area contributed by atoms with Crippen molar-refractivity contribution < 1.29 is 18.3 Å². The highest BCUT2D eigenvalue weighted by Crippen LogP contribution is 2.31. The number of fused-ring (bicyclic) bond motifs is 2. The highest BCUT2D eigenvalue weighted by Gasteiger charge is 2.20. The molecule has 2 aromatic heterocycles. The number of nitrogens with one attached hydrogen (secondary N) is 4. The van der Waals surface area contributed by atoms with E-state index in [0.29, 0.717) is 40.4 Å². The number of hydrogen-bond donors (Lipinski definition) is 5. The summed E-state index contributed by atoms with van der Waals surface area (Å²) in [6.45, 7) is 5.95. The minimum atomic E-state index is -3.86. The quantitative estimate of drug-likeness (QED) is 0.101. The first kappa shape index (κ1) is 34.8. The van der Waals surface area contributed by atoms with Crippen LogP contribution >= 0.6 is 11.6 Å². The van der Waals surface area contributed by atoms with Crippen LogP contribution in [0.2, 0.25) is 5.02 Å². The van der Waals surface area contributed by atoms with Gasteiger partial charge in [-0.25, -0.2) is 18.1 Å². The van der Waals surface area contributed by atoms with E-state index in [2.05, 4.69) is 35.6 Å². The van der Waals surface area contributed by atoms with Gasteiger partial charge in [0.1, 0.15) is 0 Å². The van der Waals surface area contributed by atoms with Crippen LogP contribution in [0, 0.1) is 0 Å². The van der Waals surface area contributed by atoms with Crippen molar-refractivity contribution in [3.05, 3.63) is 71.5 Å². The lowest BCUT2D eigenvalue weighted by molar-refractivity contribution is 0.0954. The zero-order valence-corrected chi connectivity index (χ0v) is 29.0. The summed E-state index contributed by atoms with van der Waals surface area (Å²) in [5, 5.41) is 20.4. The maximum Gasteiger partial charge on any atom is 0.252 e. The van der Waals surface area contributed by atoms with E-state index in [0.717, 1.165) is 11.1 Å². The Morgan fingerprint density at radius 3 is 2.48 bits per heavy atom. The first-order valence-corrected chi connectivity index (χ1v) is 17.4. The first-order valence-electron chi connectivity index (χ1n) is 15.6. The number of nitrogens with zero attached hydrogens (tertiary/aromatic N) is 5. The van der Waals surface area contributed by atoms with Crippen LogP contribution in [0.5, 0.6) is 0 Å². The fourth-order valence-corrected chi connectivity index (χ4v) is 6.76. The fourth-order valence-electron chi connectivity index (χ4n) is 5.24. The lowest BCUT2D eigenvalue weighted by atomic mass is 10.1. The van der Waals surface area contributed by atoms with E-state index in [1.807, 2.05) is 62.5 Å². The van der Waals surface area contributed by atoms with Crippen LogP contribution in [0.3, 0.4) is 0 Å². The highest BCUT2D eigenvalue weighted by molar-refractivity contribution is 7.89. The van der Waals surface area contributed by atoms with Crippen LogP contribution in [0.25, 0.3) is 21.9 Å². The normalized spacial score (nSPS) is 12.4. The molecule has 1 atom stereocenters. The lowest BCUT2D eigenvalue weighted by Gasteiger charge is -2.17. The second kappa shape index (κ2) is 14.7. The summed E-state index contributed by atoms with van der Waals surface area (Å²) in [5.41, 5.74) is 2.87. The largest absolute Gasteiger partial charge is 0.394 e. The number of hydrogen-bond acceptors (Lipinski definition) is 10. The fraction of sp³-hybridized carbons (Fsp3) is 0.333. The molecule has 1 amide bonds. The van der Waals surface area contributed by atoms with Gasteiger partial charge in [-0.1, -0.05) is 42.8 Å². The van der Waals surface area contributed by atoms with Gasteiger partial charge in [0.05, 0.1) is 34.5 Å². The van der Waals surface area contributed by atoms with Gasteiger partial charge in [0.2, 0.25) is 16.0 Å². The Morgan fingerprint density at radius 2 is 1.79 bits per heavy atom. The Bertz CT molecular complexity index is 2050. The molecular weight excluding hydrogens is 654 g/mol. The molecule has 2 heterocycles. The van der Waals surface area contributed by atoms with E-state index in [-0.39, 0.29) is 47.3 Å². The average molecular weight is 694 g/mol. The lowest BCUT2D eigenvalue weighted by Crippen LogP contribution is -2.34. The average Bonchev–Trinajstić information content (AvgIpc) is 3.49. The number of anilines is 4. The Balaban J connectivity index is 1.26. The molecule has 1 unspecified atom stereocenters. The van der Waals surface area contributed by atoms with Crippen molar-refractivity contribution in [1.29, 1.82) is 0 Å². The first-order chi connectivity index (χ1) is 22.9. The number of benzene rings is 3. The van der Waals surface area contributed by atoms with Crippen LogP contribution < -0.4 is 25.6 Å². The number of aromatic nitrogens is 4. The van der Waals surface area contributed by atoms with E-state index < -0.39 is 15.9 Å². The highest BCUT2D eigenvalue weighted by atomic mass is 35.5. The molecule has 3 aromatic carbocycles. The number of halogens is 1. The molecule has 5 rings (SSSR count). The third kappa shape index (κ3) is 7.46. The van der Waals surface area contributed by atoms with Gasteiger partial charge in [-0.05, 0) is 50.6 Å². The molecule has 0 saturated heterocycles. The number of imidazole rings is 1. The van der Waals surface area contributed by atoms with Gasteiger partial charge in [-0.2, -0.15) is 9.97 Å². The number of rotatable bonds is 14. The molecule has 48 heavy (non-hydrogen) atoms.